The van der Waals surface area contributed by atoms with Crippen molar-refractivity contribution in [2.24, 2.45) is 0 Å². The number of carbonyl (C=O) groups excluding carboxylic acids is 1. The summed E-state index contributed by atoms with van der Waals surface area (Å²) in [6, 6.07) is 30.4. The second kappa shape index (κ2) is 12.5. The third-order valence-corrected chi connectivity index (χ3v) is 5.22. The van der Waals surface area contributed by atoms with Gasteiger partial charge in [-0.05, 0) is 30.0 Å². The molecule has 1 amide bonds. The Kier molecular flexibility index (Phi) is 9.08. The van der Waals surface area contributed by atoms with Crippen LogP contribution in [0.25, 0.3) is 0 Å². The summed E-state index contributed by atoms with van der Waals surface area (Å²) in [5.41, 5.74) is 3.43. The molecule has 1 N–H and O–H groups in total. The van der Waals surface area contributed by atoms with Crippen LogP contribution in [-0.2, 0) is 16.1 Å². The van der Waals surface area contributed by atoms with E-state index >= 15 is 0 Å². The Bertz CT molecular complexity index is 923. The van der Waals surface area contributed by atoms with Crippen LogP contribution in [0.1, 0.15) is 48.4 Å². The Morgan fingerprint density at radius 1 is 0.871 bits per heavy atom. The Morgan fingerprint density at radius 3 is 2.10 bits per heavy atom. The fourth-order valence-corrected chi connectivity index (χ4v) is 3.50. The highest BCUT2D eigenvalue weighted by Crippen LogP contribution is 2.22. The van der Waals surface area contributed by atoms with Gasteiger partial charge in [-0.2, -0.15) is 0 Å². The first-order valence-corrected chi connectivity index (χ1v) is 10.9. The quantitative estimate of drug-likeness (QED) is 0.300. The van der Waals surface area contributed by atoms with Crippen molar-refractivity contribution < 1.29 is 9.53 Å². The second-order valence-corrected chi connectivity index (χ2v) is 7.68. The maximum absolute atomic E-state index is 12.7. The maximum atomic E-state index is 12.7. The normalized spacial score (nSPS) is 13.1. The number of hydrogen-bond donors (Lipinski definition) is 1. The highest BCUT2D eigenvalue weighted by Gasteiger charge is 2.15. The maximum Gasteiger partial charge on any atom is 0.221 e. The Morgan fingerprint density at radius 2 is 1.45 bits per heavy atom. The van der Waals surface area contributed by atoms with Crippen LogP contribution in [0, 0.1) is 0 Å². The molecule has 0 aliphatic carbocycles. The minimum absolute atomic E-state index is 0.0134. The number of rotatable bonds is 11. The van der Waals surface area contributed by atoms with Crippen LogP contribution in [0.15, 0.2) is 103 Å². The molecule has 0 bridgehead atoms. The number of carbonyl (C=O) groups is 1. The number of nitrogens with one attached hydrogen (secondary N) is 1. The van der Waals surface area contributed by atoms with E-state index in [1.807, 2.05) is 73.7 Å². The lowest BCUT2D eigenvalue weighted by Crippen LogP contribution is -2.27. The molecular weight excluding hydrogens is 382 g/mol. The number of ether oxygens (including phenoxy) is 1. The summed E-state index contributed by atoms with van der Waals surface area (Å²) in [5, 5.41) is 3.13. The van der Waals surface area contributed by atoms with Gasteiger partial charge in [0, 0.05) is 12.3 Å². The summed E-state index contributed by atoms with van der Waals surface area (Å²) in [5.74, 6) is 0.0912. The molecule has 0 radical (unpaired) electrons. The zero-order chi connectivity index (χ0) is 21.7. The molecule has 0 aromatic heterocycles. The van der Waals surface area contributed by atoms with Crippen molar-refractivity contribution >= 4 is 5.91 Å². The summed E-state index contributed by atoms with van der Waals surface area (Å²) in [6.45, 7) is 3.30. The van der Waals surface area contributed by atoms with Crippen LogP contribution >= 0.6 is 0 Å². The zero-order valence-electron chi connectivity index (χ0n) is 18.1. The average molecular weight is 414 g/mol. The van der Waals surface area contributed by atoms with E-state index in [-0.39, 0.29) is 17.9 Å². The summed E-state index contributed by atoms with van der Waals surface area (Å²) in [6.07, 6.45) is 5.49. The molecular formula is C28H31NO2. The third kappa shape index (κ3) is 7.88. The largest absolute Gasteiger partial charge is 0.376 e. The molecule has 3 aromatic carbocycles. The van der Waals surface area contributed by atoms with Crippen molar-refractivity contribution in [1.82, 2.24) is 5.32 Å². The van der Waals surface area contributed by atoms with Crippen LogP contribution in [0.4, 0.5) is 0 Å². The molecule has 2 atom stereocenters. The van der Waals surface area contributed by atoms with E-state index in [0.29, 0.717) is 19.6 Å². The van der Waals surface area contributed by atoms with Crippen LogP contribution in [0.3, 0.4) is 0 Å². The number of amides is 1. The zero-order valence-corrected chi connectivity index (χ0v) is 18.1. The standard InChI is InChI=1S/C28H31NO2/c1-23(25-15-7-3-8-16-25)29-28(30)21-27(26-17-9-4-10-18-26)19-11-12-20-31-22-24-13-5-2-6-14-24/h2-11,13-19,23,27H,12,20-22H2,1H3,(H,29,30)/b19-11+/t23-,27-/m1/s1. The molecule has 160 valence electrons. The predicted molar refractivity (Wildman–Crippen MR) is 127 cm³/mol. The molecule has 3 aromatic rings. The van der Waals surface area contributed by atoms with Gasteiger partial charge in [0.2, 0.25) is 5.91 Å². The molecule has 0 saturated carbocycles. The van der Waals surface area contributed by atoms with E-state index < -0.39 is 0 Å². The molecule has 3 nitrogen and oxygen atoms in total. The van der Waals surface area contributed by atoms with Gasteiger partial charge < -0.3 is 10.1 Å². The first-order chi connectivity index (χ1) is 15.2. The summed E-state index contributed by atoms with van der Waals surface area (Å²) in [4.78, 5) is 12.7. The molecule has 0 aliphatic rings. The minimum Gasteiger partial charge on any atom is -0.376 e. The molecule has 31 heavy (non-hydrogen) atoms. The topological polar surface area (TPSA) is 38.3 Å². The fraction of sp³-hybridized carbons (Fsp3) is 0.250. The van der Waals surface area contributed by atoms with Gasteiger partial charge in [-0.25, -0.2) is 0 Å². The van der Waals surface area contributed by atoms with Crippen molar-refractivity contribution in [3.63, 3.8) is 0 Å². The predicted octanol–water partition coefficient (Wildman–Crippen LogP) is 6.20. The minimum atomic E-state index is -0.0134. The van der Waals surface area contributed by atoms with E-state index in [0.717, 1.165) is 17.5 Å². The molecule has 3 heteroatoms. The number of hydrogen-bond acceptors (Lipinski definition) is 2. The summed E-state index contributed by atoms with van der Waals surface area (Å²) >= 11 is 0. The molecule has 3 rings (SSSR count). The highest BCUT2D eigenvalue weighted by molar-refractivity contribution is 5.77. The number of benzene rings is 3. The first kappa shape index (κ1) is 22.5. The Balaban J connectivity index is 1.52. The summed E-state index contributed by atoms with van der Waals surface area (Å²) in [7, 11) is 0. The Hall–Kier alpha value is -3.17. The first-order valence-electron chi connectivity index (χ1n) is 10.9. The number of allylic oxidation sites excluding steroid dienone is 1. The van der Waals surface area contributed by atoms with Crippen LogP contribution in [-0.4, -0.2) is 12.5 Å². The van der Waals surface area contributed by atoms with Gasteiger partial charge in [0.05, 0.1) is 19.3 Å². The molecule has 0 aliphatic heterocycles. The smallest absolute Gasteiger partial charge is 0.221 e. The molecule has 0 spiro atoms. The molecule has 0 heterocycles. The lowest BCUT2D eigenvalue weighted by atomic mass is 9.94. The highest BCUT2D eigenvalue weighted by atomic mass is 16.5. The van der Waals surface area contributed by atoms with Gasteiger partial charge in [0.15, 0.2) is 0 Å². The van der Waals surface area contributed by atoms with E-state index in [1.165, 1.54) is 5.56 Å². The molecule has 0 unspecified atom stereocenters. The van der Waals surface area contributed by atoms with E-state index in [4.69, 9.17) is 4.74 Å². The van der Waals surface area contributed by atoms with Crippen molar-refractivity contribution in [3.05, 3.63) is 120 Å². The van der Waals surface area contributed by atoms with Gasteiger partial charge in [0.1, 0.15) is 0 Å². The fourth-order valence-electron chi connectivity index (χ4n) is 3.50. The summed E-state index contributed by atoms with van der Waals surface area (Å²) < 4.78 is 5.76. The lowest BCUT2D eigenvalue weighted by molar-refractivity contribution is -0.121. The van der Waals surface area contributed by atoms with Crippen molar-refractivity contribution in [3.8, 4) is 0 Å². The lowest BCUT2D eigenvalue weighted by Gasteiger charge is -2.17. The van der Waals surface area contributed by atoms with Gasteiger partial charge in [-0.1, -0.05) is 103 Å². The van der Waals surface area contributed by atoms with Crippen molar-refractivity contribution in [1.29, 1.82) is 0 Å². The van der Waals surface area contributed by atoms with Gasteiger partial charge in [0.25, 0.3) is 0 Å². The van der Waals surface area contributed by atoms with Crippen LogP contribution in [0.2, 0.25) is 0 Å². The van der Waals surface area contributed by atoms with Gasteiger partial charge in [-0.3, -0.25) is 4.79 Å². The Labute approximate surface area is 185 Å². The van der Waals surface area contributed by atoms with E-state index in [9.17, 15) is 4.79 Å². The van der Waals surface area contributed by atoms with Crippen molar-refractivity contribution in [2.45, 2.75) is 38.3 Å². The van der Waals surface area contributed by atoms with Crippen LogP contribution < -0.4 is 5.32 Å². The average Bonchev–Trinajstić information content (AvgIpc) is 2.82. The van der Waals surface area contributed by atoms with Crippen molar-refractivity contribution in [2.75, 3.05) is 6.61 Å². The van der Waals surface area contributed by atoms with E-state index in [2.05, 4.69) is 41.7 Å². The van der Waals surface area contributed by atoms with E-state index in [1.54, 1.807) is 0 Å². The third-order valence-electron chi connectivity index (χ3n) is 5.22. The van der Waals surface area contributed by atoms with Crippen LogP contribution in [0.5, 0.6) is 0 Å². The SMILES string of the molecule is C[C@@H](NC(=O)C[C@@H](/C=C/CCOCc1ccccc1)c1ccccc1)c1ccccc1. The second-order valence-electron chi connectivity index (χ2n) is 7.68. The molecule has 0 saturated heterocycles. The van der Waals surface area contributed by atoms with Gasteiger partial charge >= 0.3 is 0 Å². The monoisotopic (exact) mass is 413 g/mol. The molecule has 0 fully saturated rings. The van der Waals surface area contributed by atoms with Gasteiger partial charge in [-0.15, -0.1) is 0 Å².